The first kappa shape index (κ1) is 57.2. The number of amides is 2. The Kier molecular flexibility index (Phi) is 28.2. The van der Waals surface area contributed by atoms with Gasteiger partial charge in [0.25, 0.3) is 11.8 Å². The van der Waals surface area contributed by atoms with Gasteiger partial charge in [0.05, 0.1) is 103 Å². The average molecular weight is 1050 g/mol. The largest absolute Gasteiger partial charge is 0.504 e. The zero-order chi connectivity index (χ0) is 48.0. The number of benzene rings is 3. The Labute approximate surface area is 423 Å². The quantitative estimate of drug-likeness (QED) is 0.197. The fourth-order valence-corrected chi connectivity index (χ4v) is 7.31. The van der Waals surface area contributed by atoms with Gasteiger partial charge in [0.1, 0.15) is 13.2 Å². The van der Waals surface area contributed by atoms with Crippen LogP contribution in [0, 0.1) is 0 Å². The van der Waals surface area contributed by atoms with E-state index in [1.807, 2.05) is 0 Å². The second kappa shape index (κ2) is 34.0. The van der Waals surface area contributed by atoms with Crippen molar-refractivity contribution in [3.05, 3.63) is 70.8 Å². The van der Waals surface area contributed by atoms with Crippen molar-refractivity contribution in [3.8, 4) is 34.5 Å². The summed E-state index contributed by atoms with van der Waals surface area (Å²) in [5.41, 5.74) is 2.18. The monoisotopic (exact) mass is 1050 g/mol. The van der Waals surface area contributed by atoms with Gasteiger partial charge in [-0.3, -0.25) is 19.6 Å². The number of hydrogen-bond acceptors (Lipinski definition) is 16. The third kappa shape index (κ3) is 20.8. The van der Waals surface area contributed by atoms with Crippen molar-refractivity contribution in [2.24, 2.45) is 9.98 Å². The molecule has 384 valence electrons. The van der Waals surface area contributed by atoms with Crippen molar-refractivity contribution in [1.29, 1.82) is 0 Å². The molecule has 21 heteroatoms. The van der Waals surface area contributed by atoms with Crippen molar-refractivity contribution >= 4 is 47.4 Å². The summed E-state index contributed by atoms with van der Waals surface area (Å²) in [7, 11) is 0. The molecule has 69 heavy (non-hydrogen) atoms. The summed E-state index contributed by atoms with van der Waals surface area (Å²) >= 11 is 12.4. The van der Waals surface area contributed by atoms with Gasteiger partial charge in [-0.15, -0.1) is 23.2 Å². The predicted octanol–water partition coefficient (Wildman–Crippen LogP) is 4.98. The van der Waals surface area contributed by atoms with E-state index < -0.39 is 11.8 Å². The fourth-order valence-electron chi connectivity index (χ4n) is 6.89. The van der Waals surface area contributed by atoms with Crippen LogP contribution in [0.4, 0.5) is 0 Å². The zero-order valence-electron chi connectivity index (χ0n) is 38.7. The molecule has 1 aliphatic carbocycles. The number of rotatable bonds is 2. The Morgan fingerprint density at radius 2 is 0.870 bits per heavy atom. The summed E-state index contributed by atoms with van der Waals surface area (Å²) in [6.45, 7) is 3.96. The van der Waals surface area contributed by atoms with E-state index in [0.29, 0.717) is 86.6 Å². The molecule has 4 bridgehead atoms. The Bertz CT molecular complexity index is 1900. The van der Waals surface area contributed by atoms with Gasteiger partial charge in [0.2, 0.25) is 0 Å². The van der Waals surface area contributed by atoms with E-state index in [1.54, 1.807) is 61.0 Å². The number of nitrogens with zero attached hydrogens (tertiary/aromatic N) is 2. The Hall–Kier alpha value is -4.43. The molecule has 1 saturated carbocycles. The smallest absolute Gasteiger partial charge is 0.258 e. The number of para-hydroxylation sites is 2. The Morgan fingerprint density at radius 3 is 1.25 bits per heavy atom. The number of phenolic OH excluding ortho intramolecular Hbond substituents is 2. The second-order valence-electron chi connectivity index (χ2n) is 15.3. The minimum Gasteiger partial charge on any atom is -0.504 e. The van der Waals surface area contributed by atoms with Crippen molar-refractivity contribution in [2.45, 2.75) is 49.5 Å². The van der Waals surface area contributed by atoms with Crippen LogP contribution in [0.5, 0.6) is 34.5 Å². The van der Waals surface area contributed by atoms with E-state index in [0.717, 1.165) is 25.7 Å². The van der Waals surface area contributed by atoms with E-state index in [9.17, 15) is 19.8 Å². The number of nitrogens with one attached hydrogen (secondary N) is 2. The summed E-state index contributed by atoms with van der Waals surface area (Å²) < 4.78 is 56.8. The molecule has 1 aliphatic heterocycles. The average Bonchev–Trinajstić information content (AvgIpc) is 3.35. The third-order valence-corrected chi connectivity index (χ3v) is 11.0. The molecule has 2 amide bonds. The molecule has 4 N–H and O–H groups in total. The van der Waals surface area contributed by atoms with Crippen LogP contribution in [0.25, 0.3) is 0 Å². The number of aromatic hydroxyl groups is 2. The van der Waals surface area contributed by atoms with Crippen molar-refractivity contribution in [1.82, 2.24) is 10.6 Å². The molecule has 2 unspecified atom stereocenters. The number of halogens is 2. The number of alkyl halides is 2. The van der Waals surface area contributed by atoms with Crippen molar-refractivity contribution in [3.63, 3.8) is 0 Å². The number of carbonyl (C=O) groups excluding carboxylic acids is 2. The molecule has 5 rings (SSSR count). The van der Waals surface area contributed by atoms with Gasteiger partial charge in [0.15, 0.2) is 47.7 Å². The molecular weight excluding hydrogens is 986 g/mol. The van der Waals surface area contributed by atoms with Crippen LogP contribution in [0.2, 0.25) is 0 Å². The first-order valence-electron chi connectivity index (χ1n) is 22.9. The number of carbonyl (C=O) groups is 2. The topological polar surface area (TPSA) is 216 Å². The summed E-state index contributed by atoms with van der Waals surface area (Å²) in [5.74, 6) is 0.406. The predicted molar refractivity (Wildman–Crippen MR) is 256 cm³/mol. The van der Waals surface area contributed by atoms with Gasteiger partial charge in [-0.25, -0.2) is 0 Å². The van der Waals surface area contributed by atoms with Crippen LogP contribution in [0.1, 0.15) is 47.9 Å². The number of ether oxygens (including phenoxy) is 10. The van der Waals surface area contributed by atoms with Gasteiger partial charge < -0.3 is 68.2 Å². The maximum absolute atomic E-state index is 12.6. The van der Waals surface area contributed by atoms with Crippen LogP contribution < -0.4 is 29.6 Å². The minimum atomic E-state index is -0.397. The summed E-state index contributed by atoms with van der Waals surface area (Å²) in [4.78, 5) is 34.9. The summed E-state index contributed by atoms with van der Waals surface area (Å²) in [6, 6.07) is 13.8. The van der Waals surface area contributed by atoms with Crippen LogP contribution in [0.15, 0.2) is 58.5 Å². The molecule has 1 fully saturated rings. The molecule has 18 nitrogen and oxygen atoms in total. The zero-order valence-corrected chi connectivity index (χ0v) is 41.2. The molecule has 0 spiro atoms. The van der Waals surface area contributed by atoms with E-state index in [4.69, 9.17) is 80.6 Å². The number of hydrogen-bond donors (Lipinski definition) is 4. The summed E-state index contributed by atoms with van der Waals surface area (Å²) in [6.07, 6.45) is 7.04. The number of aliphatic imine (C=N–C) groups is 2. The first-order valence-corrected chi connectivity index (χ1v) is 23.9. The van der Waals surface area contributed by atoms with Gasteiger partial charge in [-0.1, -0.05) is 37.1 Å². The van der Waals surface area contributed by atoms with Gasteiger partial charge >= 0.3 is 0 Å². The normalized spacial score (nSPS) is 20.3. The SMILES string of the molecule is O=C1COc2c(CCl)ccc(CCl)c2OCC(=O)NCCOCCOCCOCCOc2cccc(c2O)C=NC2CCCCC2N=Cc2cccc(c2O)OCCOCCOCCOCCN1.[Ni]. The Morgan fingerprint density at radius 1 is 0.507 bits per heavy atom. The molecule has 1 heterocycles. The van der Waals surface area contributed by atoms with Crippen molar-refractivity contribution < 1.29 is 83.7 Å². The van der Waals surface area contributed by atoms with Gasteiger partial charge in [-0.05, 0) is 37.1 Å². The number of fused-ring (bicyclic) bond motifs is 6. The van der Waals surface area contributed by atoms with Crippen molar-refractivity contribution in [2.75, 3.05) is 119 Å². The molecule has 0 radical (unpaired) electrons. The standard InChI is InChI=1S/C48H64Cl2N4O14.Ni/c49-29-35-11-12-36(30-50)48-47(35)67-33-43(55)51-13-15-59-17-19-61-21-23-63-25-27-65-41-9-3-5-37(45(41)57)31-53-39-7-1-2-8-40(39)54-32-38-6-4-10-42(46(38)58)66-28-26-64-24-22-62-20-18-60-16-14-52-44(56)34-68-48;/h3-6,9-12,31-32,39-40,57-58H,1-2,7-8,13-30,33-34H2,(H,51,55)(H,52,56);. The van der Waals surface area contributed by atoms with Crippen LogP contribution in [-0.4, -0.2) is 165 Å². The molecule has 0 aromatic heterocycles. The fraction of sp³-hybridized carbons (Fsp3) is 0.542. The minimum absolute atomic E-state index is 0. The molecule has 3 aromatic carbocycles. The molecular formula is C48H64Cl2N4NiO14. The second-order valence-corrected chi connectivity index (χ2v) is 15.9. The van der Waals surface area contributed by atoms with Crippen LogP contribution in [0.3, 0.4) is 0 Å². The maximum Gasteiger partial charge on any atom is 0.258 e. The van der Waals surface area contributed by atoms with E-state index in [-0.39, 0.29) is 129 Å². The van der Waals surface area contributed by atoms with Crippen LogP contribution >= 0.6 is 23.2 Å². The van der Waals surface area contributed by atoms with Gasteiger partial charge in [0, 0.05) is 64.3 Å². The summed E-state index contributed by atoms with van der Waals surface area (Å²) in [5, 5.41) is 27.4. The molecule has 3 aromatic rings. The van der Waals surface area contributed by atoms with Gasteiger partial charge in [-0.2, -0.15) is 0 Å². The third-order valence-electron chi connectivity index (χ3n) is 10.4. The van der Waals surface area contributed by atoms with E-state index >= 15 is 0 Å². The van der Waals surface area contributed by atoms with E-state index in [1.165, 1.54) is 0 Å². The first-order chi connectivity index (χ1) is 33.4. The molecule has 2 aliphatic rings. The molecule has 0 saturated heterocycles. The maximum atomic E-state index is 12.6. The van der Waals surface area contributed by atoms with E-state index in [2.05, 4.69) is 10.6 Å². The van der Waals surface area contributed by atoms with Crippen LogP contribution in [-0.2, 0) is 66.3 Å². The number of phenols is 2. The Balaban J connectivity index is 0.0000104. The molecule has 2 atom stereocenters.